The van der Waals surface area contributed by atoms with E-state index in [0.717, 1.165) is 6.42 Å². The lowest BCUT2D eigenvalue weighted by molar-refractivity contribution is 0.610. The van der Waals surface area contributed by atoms with E-state index in [1.165, 1.54) is 39.9 Å². The first-order chi connectivity index (χ1) is 9.81. The van der Waals surface area contributed by atoms with Crippen molar-refractivity contribution in [3.8, 4) is 0 Å². The molecule has 0 heterocycles. The van der Waals surface area contributed by atoms with E-state index < -0.39 is 0 Å². The lowest BCUT2D eigenvalue weighted by Gasteiger charge is -2.18. The van der Waals surface area contributed by atoms with Crippen LogP contribution in [0.5, 0.6) is 0 Å². The number of unbranched alkanes of at least 4 members (excludes halogenated alkanes) is 1. The summed E-state index contributed by atoms with van der Waals surface area (Å²) in [7, 11) is 0. The standard InChI is InChI=1S/C19H21N/c1-2-3-12-18(20)19-16-10-6-4-8-14(16)13-15-9-5-7-11-17(15)19/h4-11,13,18H,2-3,12,20H2,1H3/t18-/m1/s1. The van der Waals surface area contributed by atoms with Crippen LogP contribution < -0.4 is 5.73 Å². The Hall–Kier alpha value is -1.86. The van der Waals surface area contributed by atoms with Crippen molar-refractivity contribution in [2.45, 2.75) is 32.2 Å². The molecule has 0 unspecified atom stereocenters. The van der Waals surface area contributed by atoms with E-state index in [9.17, 15) is 0 Å². The van der Waals surface area contributed by atoms with Crippen molar-refractivity contribution in [1.82, 2.24) is 0 Å². The fourth-order valence-corrected chi connectivity index (χ4v) is 3.02. The molecule has 102 valence electrons. The van der Waals surface area contributed by atoms with Gasteiger partial charge in [0.2, 0.25) is 0 Å². The Morgan fingerprint density at radius 1 is 0.900 bits per heavy atom. The van der Waals surface area contributed by atoms with Crippen LogP contribution in [0.15, 0.2) is 54.6 Å². The van der Waals surface area contributed by atoms with Gasteiger partial charge < -0.3 is 5.73 Å². The van der Waals surface area contributed by atoms with Gasteiger partial charge in [-0.15, -0.1) is 0 Å². The molecule has 3 aromatic carbocycles. The first-order valence-electron chi connectivity index (χ1n) is 7.47. The summed E-state index contributed by atoms with van der Waals surface area (Å²) in [4.78, 5) is 0. The summed E-state index contributed by atoms with van der Waals surface area (Å²) in [5.41, 5.74) is 7.83. The van der Waals surface area contributed by atoms with E-state index in [4.69, 9.17) is 5.73 Å². The molecule has 3 aromatic rings. The molecule has 0 aliphatic heterocycles. The summed E-state index contributed by atoms with van der Waals surface area (Å²) >= 11 is 0. The summed E-state index contributed by atoms with van der Waals surface area (Å²) in [6.07, 6.45) is 3.42. The number of hydrogen-bond donors (Lipinski definition) is 1. The predicted octanol–water partition coefficient (Wildman–Crippen LogP) is 5.18. The molecule has 0 bridgehead atoms. The Labute approximate surface area is 120 Å². The molecule has 0 radical (unpaired) electrons. The maximum absolute atomic E-state index is 6.51. The molecule has 0 fully saturated rings. The number of benzene rings is 3. The Morgan fingerprint density at radius 2 is 1.45 bits per heavy atom. The summed E-state index contributed by atoms with van der Waals surface area (Å²) < 4.78 is 0. The van der Waals surface area contributed by atoms with Crippen LogP contribution in [-0.2, 0) is 0 Å². The van der Waals surface area contributed by atoms with Crippen LogP contribution in [0.25, 0.3) is 21.5 Å². The predicted molar refractivity (Wildman–Crippen MR) is 87.9 cm³/mol. The highest BCUT2D eigenvalue weighted by molar-refractivity contribution is 6.02. The molecule has 1 nitrogen and oxygen atoms in total. The second kappa shape index (κ2) is 5.64. The fourth-order valence-electron chi connectivity index (χ4n) is 3.02. The first kappa shape index (κ1) is 13.1. The largest absolute Gasteiger partial charge is 0.324 e. The minimum atomic E-state index is 0.117. The van der Waals surface area contributed by atoms with Crippen molar-refractivity contribution in [3.63, 3.8) is 0 Å². The maximum atomic E-state index is 6.51. The van der Waals surface area contributed by atoms with Crippen LogP contribution in [0.1, 0.15) is 37.8 Å². The van der Waals surface area contributed by atoms with E-state index in [-0.39, 0.29) is 6.04 Å². The number of fused-ring (bicyclic) bond motifs is 2. The van der Waals surface area contributed by atoms with Crippen LogP contribution in [0, 0.1) is 0 Å². The molecule has 1 heteroatoms. The number of nitrogens with two attached hydrogens (primary N) is 1. The molecule has 0 spiro atoms. The molecule has 3 rings (SSSR count). The second-order valence-electron chi connectivity index (χ2n) is 5.48. The van der Waals surface area contributed by atoms with Crippen LogP contribution in [-0.4, -0.2) is 0 Å². The zero-order valence-corrected chi connectivity index (χ0v) is 12.0. The van der Waals surface area contributed by atoms with E-state index in [1.54, 1.807) is 0 Å². The highest BCUT2D eigenvalue weighted by atomic mass is 14.6. The lowest BCUT2D eigenvalue weighted by atomic mass is 9.90. The summed E-state index contributed by atoms with van der Waals surface area (Å²) in [5.74, 6) is 0. The molecule has 0 saturated carbocycles. The Balaban J connectivity index is 2.27. The average Bonchev–Trinajstić information content (AvgIpc) is 2.50. The zero-order chi connectivity index (χ0) is 13.9. The van der Waals surface area contributed by atoms with Gasteiger partial charge in [-0.25, -0.2) is 0 Å². The second-order valence-corrected chi connectivity index (χ2v) is 5.48. The lowest BCUT2D eigenvalue weighted by Crippen LogP contribution is -2.11. The normalized spacial score (nSPS) is 12.9. The quantitative estimate of drug-likeness (QED) is 0.645. The minimum absolute atomic E-state index is 0.117. The smallest absolute Gasteiger partial charge is 0.0307 e. The van der Waals surface area contributed by atoms with Gasteiger partial charge in [0.15, 0.2) is 0 Å². The molecule has 0 aliphatic rings. The molecular formula is C19H21N. The Bertz CT molecular complexity index is 676. The third-order valence-corrected chi connectivity index (χ3v) is 4.05. The molecule has 20 heavy (non-hydrogen) atoms. The Kier molecular flexibility index (Phi) is 3.70. The third-order valence-electron chi connectivity index (χ3n) is 4.05. The third kappa shape index (κ3) is 2.30. The average molecular weight is 263 g/mol. The summed E-state index contributed by atoms with van der Waals surface area (Å²) in [6.45, 7) is 2.22. The SMILES string of the molecule is CCCC[C@@H](N)c1c2ccccc2cc2ccccc12. The molecule has 0 aliphatic carbocycles. The van der Waals surface area contributed by atoms with Gasteiger partial charge in [0.25, 0.3) is 0 Å². The summed E-state index contributed by atoms with van der Waals surface area (Å²) in [6, 6.07) is 19.5. The van der Waals surface area contributed by atoms with Gasteiger partial charge in [-0.2, -0.15) is 0 Å². The van der Waals surface area contributed by atoms with Crippen molar-refractivity contribution in [1.29, 1.82) is 0 Å². The van der Waals surface area contributed by atoms with E-state index >= 15 is 0 Å². The van der Waals surface area contributed by atoms with Gasteiger partial charge in [0.1, 0.15) is 0 Å². The van der Waals surface area contributed by atoms with E-state index in [1.807, 2.05) is 0 Å². The maximum Gasteiger partial charge on any atom is 0.0307 e. The molecule has 0 aromatic heterocycles. The van der Waals surface area contributed by atoms with Gasteiger partial charge in [-0.3, -0.25) is 0 Å². The zero-order valence-electron chi connectivity index (χ0n) is 12.0. The first-order valence-corrected chi connectivity index (χ1v) is 7.47. The number of hydrogen-bond acceptors (Lipinski definition) is 1. The van der Waals surface area contributed by atoms with Crippen molar-refractivity contribution >= 4 is 21.5 Å². The van der Waals surface area contributed by atoms with Crippen molar-refractivity contribution in [3.05, 3.63) is 60.2 Å². The Morgan fingerprint density at radius 3 is 2.00 bits per heavy atom. The fraction of sp³-hybridized carbons (Fsp3) is 0.263. The van der Waals surface area contributed by atoms with Crippen molar-refractivity contribution in [2.75, 3.05) is 0 Å². The monoisotopic (exact) mass is 263 g/mol. The highest BCUT2D eigenvalue weighted by Crippen LogP contribution is 2.33. The highest BCUT2D eigenvalue weighted by Gasteiger charge is 2.13. The van der Waals surface area contributed by atoms with Crippen LogP contribution >= 0.6 is 0 Å². The molecular weight excluding hydrogens is 242 g/mol. The summed E-state index contributed by atoms with van der Waals surface area (Å²) in [5, 5.41) is 5.17. The van der Waals surface area contributed by atoms with Gasteiger partial charge in [-0.05, 0) is 39.6 Å². The molecule has 2 N–H and O–H groups in total. The van der Waals surface area contributed by atoms with Crippen LogP contribution in [0.2, 0.25) is 0 Å². The topological polar surface area (TPSA) is 26.0 Å². The van der Waals surface area contributed by atoms with E-state index in [2.05, 4.69) is 61.5 Å². The van der Waals surface area contributed by atoms with Gasteiger partial charge in [0, 0.05) is 6.04 Å². The molecule has 1 atom stereocenters. The van der Waals surface area contributed by atoms with Gasteiger partial charge in [-0.1, -0.05) is 68.3 Å². The van der Waals surface area contributed by atoms with Crippen molar-refractivity contribution in [2.24, 2.45) is 5.73 Å². The van der Waals surface area contributed by atoms with Gasteiger partial charge >= 0.3 is 0 Å². The van der Waals surface area contributed by atoms with Crippen LogP contribution in [0.3, 0.4) is 0 Å². The molecule has 0 saturated heterocycles. The van der Waals surface area contributed by atoms with Crippen LogP contribution in [0.4, 0.5) is 0 Å². The van der Waals surface area contributed by atoms with Crippen molar-refractivity contribution < 1.29 is 0 Å². The van der Waals surface area contributed by atoms with Gasteiger partial charge in [0.05, 0.1) is 0 Å². The number of rotatable bonds is 4. The minimum Gasteiger partial charge on any atom is -0.324 e. The molecule has 0 amide bonds. The van der Waals surface area contributed by atoms with E-state index in [0.29, 0.717) is 0 Å².